The molecule has 1 aromatic heterocycles. The minimum absolute atomic E-state index is 1.23. The molecular formula is C56H36S. The van der Waals surface area contributed by atoms with E-state index in [-0.39, 0.29) is 0 Å². The molecule has 0 saturated heterocycles. The zero-order valence-corrected chi connectivity index (χ0v) is 32.0. The average molecular weight is 741 g/mol. The molecule has 10 aromatic carbocycles. The van der Waals surface area contributed by atoms with E-state index in [1.807, 2.05) is 11.3 Å². The maximum atomic E-state index is 2.30. The van der Waals surface area contributed by atoms with Crippen LogP contribution in [0.25, 0.3) is 108 Å². The molecule has 11 rings (SSSR count). The molecule has 0 spiro atoms. The summed E-state index contributed by atoms with van der Waals surface area (Å²) in [4.78, 5) is 2.53. The van der Waals surface area contributed by atoms with Crippen LogP contribution < -0.4 is 0 Å². The van der Waals surface area contributed by atoms with Crippen LogP contribution in [0.1, 0.15) is 0 Å². The third-order valence-corrected chi connectivity index (χ3v) is 12.7. The molecule has 0 nitrogen and oxygen atoms in total. The van der Waals surface area contributed by atoms with Gasteiger partial charge in [0, 0.05) is 9.75 Å². The van der Waals surface area contributed by atoms with Crippen LogP contribution in [0.15, 0.2) is 218 Å². The fourth-order valence-corrected chi connectivity index (χ4v) is 9.98. The second-order valence-corrected chi connectivity index (χ2v) is 15.8. The first-order valence-electron chi connectivity index (χ1n) is 19.6. The van der Waals surface area contributed by atoms with Gasteiger partial charge in [-0.2, -0.15) is 0 Å². The number of fused-ring (bicyclic) bond motifs is 4. The van der Waals surface area contributed by atoms with E-state index < -0.39 is 0 Å². The highest BCUT2D eigenvalue weighted by molar-refractivity contribution is 7.18. The smallest absolute Gasteiger partial charge is 0.0349 e. The lowest BCUT2D eigenvalue weighted by Gasteiger charge is -2.18. The van der Waals surface area contributed by atoms with Crippen molar-refractivity contribution in [3.8, 4) is 65.4 Å². The fourth-order valence-electron chi connectivity index (χ4n) is 8.96. The van der Waals surface area contributed by atoms with E-state index in [1.54, 1.807) is 0 Å². The van der Waals surface area contributed by atoms with Crippen molar-refractivity contribution in [3.63, 3.8) is 0 Å². The van der Waals surface area contributed by atoms with Gasteiger partial charge < -0.3 is 0 Å². The van der Waals surface area contributed by atoms with Gasteiger partial charge in [0.15, 0.2) is 0 Å². The third kappa shape index (κ3) is 5.67. The van der Waals surface area contributed by atoms with Crippen LogP contribution in [-0.2, 0) is 0 Å². The topological polar surface area (TPSA) is 0 Å². The summed E-state index contributed by atoms with van der Waals surface area (Å²) in [5, 5.41) is 10.2. The number of hydrogen-bond donors (Lipinski definition) is 0. The van der Waals surface area contributed by atoms with Gasteiger partial charge in [0.25, 0.3) is 0 Å². The monoisotopic (exact) mass is 740 g/mol. The van der Waals surface area contributed by atoms with Crippen LogP contribution in [0.3, 0.4) is 0 Å². The number of thiophene rings is 1. The average Bonchev–Trinajstić information content (AvgIpc) is 3.79. The molecule has 1 heteroatoms. The second kappa shape index (κ2) is 13.9. The molecule has 0 amide bonds. The summed E-state index contributed by atoms with van der Waals surface area (Å²) in [6, 6.07) is 80.0. The minimum Gasteiger partial charge on any atom is -0.135 e. The molecule has 0 aliphatic heterocycles. The van der Waals surface area contributed by atoms with Crippen LogP contribution in [0, 0.1) is 0 Å². The summed E-state index contributed by atoms with van der Waals surface area (Å²) in [5.74, 6) is 0. The minimum atomic E-state index is 1.23. The van der Waals surface area contributed by atoms with Crippen LogP contribution in [-0.4, -0.2) is 0 Å². The van der Waals surface area contributed by atoms with E-state index in [4.69, 9.17) is 0 Å². The lowest BCUT2D eigenvalue weighted by Crippen LogP contribution is -1.90. The lowest BCUT2D eigenvalue weighted by molar-refractivity contribution is 1.64. The summed E-state index contributed by atoms with van der Waals surface area (Å²) < 4.78 is 0. The first-order valence-corrected chi connectivity index (χ1v) is 20.4. The highest BCUT2D eigenvalue weighted by Gasteiger charge is 2.18. The molecule has 57 heavy (non-hydrogen) atoms. The lowest BCUT2D eigenvalue weighted by atomic mass is 9.86. The highest BCUT2D eigenvalue weighted by atomic mass is 32.1. The first-order chi connectivity index (χ1) is 28.3. The molecule has 11 aromatic rings. The predicted octanol–water partition coefficient (Wildman–Crippen LogP) is 16.4. The van der Waals surface area contributed by atoms with Gasteiger partial charge in [0.2, 0.25) is 0 Å². The Bertz CT molecular complexity index is 2910. The van der Waals surface area contributed by atoms with Crippen molar-refractivity contribution in [2.24, 2.45) is 0 Å². The Labute approximate surface area is 336 Å². The molecule has 0 atom stereocenters. The summed E-state index contributed by atoms with van der Waals surface area (Å²) in [6.07, 6.45) is 0. The molecule has 0 N–H and O–H groups in total. The predicted molar refractivity (Wildman–Crippen MR) is 247 cm³/mol. The Hall–Kier alpha value is -7.06. The molecule has 0 fully saturated rings. The van der Waals surface area contributed by atoms with Gasteiger partial charge in [-0.3, -0.25) is 0 Å². The number of hydrogen-bond acceptors (Lipinski definition) is 1. The van der Waals surface area contributed by atoms with E-state index in [0.717, 1.165) is 0 Å². The Kier molecular flexibility index (Phi) is 8.12. The van der Waals surface area contributed by atoms with Gasteiger partial charge in [-0.15, -0.1) is 11.3 Å². The second-order valence-electron chi connectivity index (χ2n) is 14.7. The van der Waals surface area contributed by atoms with Crippen molar-refractivity contribution >= 4 is 54.4 Å². The van der Waals surface area contributed by atoms with Gasteiger partial charge in [0.05, 0.1) is 0 Å². The third-order valence-electron chi connectivity index (χ3n) is 11.5. The Morgan fingerprint density at radius 3 is 0.649 bits per heavy atom. The summed E-state index contributed by atoms with van der Waals surface area (Å²) in [6.45, 7) is 0. The van der Waals surface area contributed by atoms with Gasteiger partial charge in [-0.25, -0.2) is 0 Å². The standard InChI is InChI=1S/C56H36S/c1-3-15-39(16-4-1)53-43-19-7-11-23-47(43)55(48-24-12-8-20-44(48)53)41-31-27-37(28-32-41)51-35-36-52(57-51)38-29-33-42(34-30-38)56-49-25-13-9-21-45(49)54(40-17-5-2-6-18-40)46-22-10-14-26-50(46)56/h1-36H. The van der Waals surface area contributed by atoms with Crippen LogP contribution in [0.5, 0.6) is 0 Å². The van der Waals surface area contributed by atoms with Crippen LogP contribution in [0.2, 0.25) is 0 Å². The Morgan fingerprint density at radius 2 is 0.386 bits per heavy atom. The van der Waals surface area contributed by atoms with Gasteiger partial charge in [0.1, 0.15) is 0 Å². The molecule has 0 unspecified atom stereocenters. The molecule has 1 heterocycles. The van der Waals surface area contributed by atoms with E-state index in [9.17, 15) is 0 Å². The fraction of sp³-hybridized carbons (Fsp3) is 0. The zero-order chi connectivity index (χ0) is 37.7. The van der Waals surface area contributed by atoms with Crippen molar-refractivity contribution < 1.29 is 0 Å². The Morgan fingerprint density at radius 1 is 0.175 bits per heavy atom. The zero-order valence-electron chi connectivity index (χ0n) is 31.2. The maximum absolute atomic E-state index is 2.30. The van der Waals surface area contributed by atoms with E-state index in [0.29, 0.717) is 0 Å². The molecule has 266 valence electrons. The maximum Gasteiger partial charge on any atom is 0.0349 e. The number of benzene rings is 10. The van der Waals surface area contributed by atoms with Crippen molar-refractivity contribution in [1.29, 1.82) is 0 Å². The largest absolute Gasteiger partial charge is 0.135 e. The molecule has 0 radical (unpaired) electrons. The van der Waals surface area contributed by atoms with Gasteiger partial charge >= 0.3 is 0 Å². The molecular weight excluding hydrogens is 705 g/mol. The Balaban J connectivity index is 0.945. The molecule has 0 aliphatic rings. The van der Waals surface area contributed by atoms with Gasteiger partial charge in [-0.1, -0.05) is 206 Å². The van der Waals surface area contributed by atoms with Crippen LogP contribution >= 0.6 is 11.3 Å². The molecule has 0 saturated carbocycles. The molecule has 0 aliphatic carbocycles. The van der Waals surface area contributed by atoms with E-state index >= 15 is 0 Å². The summed E-state index contributed by atoms with van der Waals surface area (Å²) >= 11 is 1.85. The normalized spacial score (nSPS) is 11.5. The SMILES string of the molecule is c1ccc(-c2c3ccccc3c(-c3ccc(-c4ccc(-c5ccc(-c6c7ccccc7c(-c7ccccc7)c7ccccc67)cc5)s4)cc3)c3ccccc23)cc1. The van der Waals surface area contributed by atoms with Crippen LogP contribution in [0.4, 0.5) is 0 Å². The molecule has 0 bridgehead atoms. The highest BCUT2D eigenvalue weighted by Crippen LogP contribution is 2.46. The number of rotatable bonds is 6. The van der Waals surface area contributed by atoms with Crippen molar-refractivity contribution in [2.75, 3.05) is 0 Å². The summed E-state index contributed by atoms with van der Waals surface area (Å²) in [5.41, 5.74) is 12.6. The van der Waals surface area contributed by atoms with Crippen molar-refractivity contribution in [2.45, 2.75) is 0 Å². The van der Waals surface area contributed by atoms with E-state index in [2.05, 4.69) is 218 Å². The quantitative estimate of drug-likeness (QED) is 0.149. The summed E-state index contributed by atoms with van der Waals surface area (Å²) in [7, 11) is 0. The van der Waals surface area contributed by atoms with Crippen molar-refractivity contribution in [1.82, 2.24) is 0 Å². The van der Waals surface area contributed by atoms with Crippen molar-refractivity contribution in [3.05, 3.63) is 218 Å². The van der Waals surface area contributed by atoms with E-state index in [1.165, 1.54) is 108 Å². The van der Waals surface area contributed by atoms with Gasteiger partial charge in [-0.05, 0) is 111 Å². The first kappa shape index (κ1) is 33.3.